The lowest BCUT2D eigenvalue weighted by Crippen LogP contribution is -2.24. The van der Waals surface area contributed by atoms with Crippen molar-refractivity contribution in [2.45, 2.75) is 73.1 Å². The fourth-order valence-electron chi connectivity index (χ4n) is 14.2. The molecular formula is C77H62N4O2. The van der Waals surface area contributed by atoms with E-state index < -0.39 is 0 Å². The Morgan fingerprint density at radius 1 is 0.398 bits per heavy atom. The third kappa shape index (κ3) is 6.84. The van der Waals surface area contributed by atoms with Crippen LogP contribution >= 0.6 is 0 Å². The van der Waals surface area contributed by atoms with Crippen LogP contribution in [0.15, 0.2) is 203 Å². The smallest absolute Gasteiger partial charge is 0.159 e. The van der Waals surface area contributed by atoms with Gasteiger partial charge in [-0.3, -0.25) is 0 Å². The number of benzene rings is 10. The quantitative estimate of drug-likeness (QED) is 0.159. The zero-order valence-electron chi connectivity index (χ0n) is 48.4. The van der Waals surface area contributed by atoms with Gasteiger partial charge in [0.05, 0.1) is 50.2 Å². The van der Waals surface area contributed by atoms with Gasteiger partial charge in [-0.15, -0.1) is 0 Å². The lowest BCUT2D eigenvalue weighted by atomic mass is 9.86. The largest absolute Gasteiger partial charge is 0.454 e. The molecule has 10 aromatic carbocycles. The van der Waals surface area contributed by atoms with Crippen molar-refractivity contribution in [1.82, 2.24) is 8.80 Å². The van der Waals surface area contributed by atoms with Crippen LogP contribution in [0.5, 0.6) is 0 Å². The summed E-state index contributed by atoms with van der Waals surface area (Å²) in [6.07, 6.45) is 2.42. The van der Waals surface area contributed by atoms with E-state index in [9.17, 15) is 0 Å². The van der Waals surface area contributed by atoms with E-state index >= 15 is 0 Å². The molecular weight excluding hydrogens is 1010 g/mol. The van der Waals surface area contributed by atoms with Gasteiger partial charge in [0.2, 0.25) is 0 Å². The normalized spacial score (nSPS) is 13.0. The van der Waals surface area contributed by atoms with Crippen LogP contribution in [-0.2, 0) is 10.8 Å². The maximum absolute atomic E-state index is 7.21. The molecule has 16 aromatic rings. The fraction of sp³-hybridized carbons (Fsp3) is 0.143. The lowest BCUT2D eigenvalue weighted by molar-refractivity contribution is 0.572. The summed E-state index contributed by atoms with van der Waals surface area (Å²) in [6, 6.07) is 70.9. The molecule has 0 unspecified atom stereocenters. The Labute approximate surface area is 481 Å². The van der Waals surface area contributed by atoms with E-state index in [1.807, 2.05) is 0 Å². The van der Waals surface area contributed by atoms with Crippen molar-refractivity contribution in [3.05, 3.63) is 238 Å². The van der Waals surface area contributed by atoms with Crippen molar-refractivity contribution in [2.24, 2.45) is 0 Å². The van der Waals surface area contributed by atoms with Gasteiger partial charge < -0.3 is 27.4 Å². The second-order valence-electron chi connectivity index (χ2n) is 25.1. The zero-order chi connectivity index (χ0) is 56.5. The van der Waals surface area contributed by atoms with E-state index in [0.717, 1.165) is 116 Å². The first kappa shape index (κ1) is 49.1. The highest BCUT2D eigenvalue weighted by Crippen LogP contribution is 2.52. The molecule has 0 aliphatic heterocycles. The molecule has 0 radical (unpaired) electrons. The number of nitrogens with zero attached hydrogens (tertiary/aromatic N) is 4. The molecule has 0 spiro atoms. The van der Waals surface area contributed by atoms with Crippen LogP contribution in [0.2, 0.25) is 0 Å². The molecule has 83 heavy (non-hydrogen) atoms. The second-order valence-corrected chi connectivity index (χ2v) is 25.1. The summed E-state index contributed by atoms with van der Waals surface area (Å²) in [7, 11) is 0. The minimum absolute atomic E-state index is 0.109. The standard InChI is InChI=1S/C77H62N4O2/c1-44-35-37-54-52-29-21-31-59(76(5,6)7)72(52)82-74(54)68(44)79(48-23-13-11-14-24-48)63-41-39-50-46(3)65(81-62-34-20-18-28-57(62)66(63)70(50)81)43-58-47(4)78-61-33-19-17-27-56(61)67-64(42-40-51(58)71(67)78)80(49-25-15-12-16-26-49)69-45(2)36-38-55-53-30-22-32-60(77(8,9)10)73(53)83-75(55)69/h11-43H,3H2,1-2,4-10H3/b65-43+. The average Bonchev–Trinajstić information content (AvgIpc) is 1.74. The second kappa shape index (κ2) is 17.4. The molecule has 0 aliphatic rings. The minimum atomic E-state index is -0.110. The zero-order valence-corrected chi connectivity index (χ0v) is 48.4. The first-order chi connectivity index (χ1) is 40.2. The molecule has 0 fully saturated rings. The first-order valence-electron chi connectivity index (χ1n) is 29.0. The highest BCUT2D eigenvalue weighted by atomic mass is 16.3. The Morgan fingerprint density at radius 3 is 1.30 bits per heavy atom. The summed E-state index contributed by atoms with van der Waals surface area (Å²) in [6.45, 7) is 25.3. The van der Waals surface area contributed by atoms with Gasteiger partial charge in [0.25, 0.3) is 0 Å². The predicted octanol–water partition coefficient (Wildman–Crippen LogP) is 20.2. The van der Waals surface area contributed by atoms with Crippen LogP contribution in [-0.4, -0.2) is 8.80 Å². The number of hydrogen-bond acceptors (Lipinski definition) is 4. The summed E-state index contributed by atoms with van der Waals surface area (Å²) in [5.41, 5.74) is 21.4. The van der Waals surface area contributed by atoms with E-state index in [2.05, 4.69) is 281 Å². The summed E-state index contributed by atoms with van der Waals surface area (Å²) < 4.78 is 19.4. The van der Waals surface area contributed by atoms with Gasteiger partial charge in [-0.1, -0.05) is 194 Å². The third-order valence-electron chi connectivity index (χ3n) is 18.0. The van der Waals surface area contributed by atoms with Crippen LogP contribution in [0.3, 0.4) is 0 Å². The van der Waals surface area contributed by atoms with Crippen molar-refractivity contribution < 1.29 is 8.83 Å². The Balaban J connectivity index is 0.954. The molecule has 0 saturated carbocycles. The summed E-state index contributed by atoms with van der Waals surface area (Å²) in [5, 5.41) is 13.6. The molecule has 0 bridgehead atoms. The number of para-hydroxylation sites is 6. The van der Waals surface area contributed by atoms with E-state index in [-0.39, 0.29) is 10.8 Å². The van der Waals surface area contributed by atoms with Gasteiger partial charge in [0.1, 0.15) is 11.2 Å². The van der Waals surface area contributed by atoms with Gasteiger partial charge in [0.15, 0.2) is 11.2 Å². The predicted molar refractivity (Wildman–Crippen MR) is 351 cm³/mol. The first-order valence-corrected chi connectivity index (χ1v) is 29.0. The number of anilines is 6. The Morgan fingerprint density at radius 2 is 0.807 bits per heavy atom. The summed E-state index contributed by atoms with van der Waals surface area (Å²) in [4.78, 5) is 4.89. The number of furan rings is 2. The van der Waals surface area contributed by atoms with E-state index in [1.165, 1.54) is 60.3 Å². The topological polar surface area (TPSA) is 41.6 Å². The molecule has 0 aliphatic carbocycles. The SMILES string of the molecule is C=c1/c(=C\c2c(C)n3c4ccccc4c4c(N(c5ccccc5)c5c(C)ccc6c5oc5c(C(C)(C)C)cccc56)ccc2c43)n2c3ccccc3c3c(N(c4ccccc4)c4c(C)ccc5c4oc4c(C(C)(C)C)cccc45)ccc1c32. The van der Waals surface area contributed by atoms with E-state index in [4.69, 9.17) is 15.4 Å². The number of aryl methyl sites for hydroxylation is 3. The van der Waals surface area contributed by atoms with Gasteiger partial charge >= 0.3 is 0 Å². The number of fused-ring (bicyclic) bond motifs is 12. The fourth-order valence-corrected chi connectivity index (χ4v) is 14.2. The Bertz CT molecular complexity index is 5470. The van der Waals surface area contributed by atoms with Crippen LogP contribution < -0.4 is 20.4 Å². The molecule has 6 heteroatoms. The van der Waals surface area contributed by atoms with Gasteiger partial charge in [-0.05, 0) is 97.3 Å². The molecule has 16 rings (SSSR count). The molecule has 402 valence electrons. The van der Waals surface area contributed by atoms with Crippen LogP contribution in [0.25, 0.3) is 111 Å². The third-order valence-corrected chi connectivity index (χ3v) is 18.0. The highest BCUT2D eigenvalue weighted by molar-refractivity contribution is 6.25. The average molecular weight is 1080 g/mol. The van der Waals surface area contributed by atoms with Crippen molar-refractivity contribution in [1.29, 1.82) is 0 Å². The van der Waals surface area contributed by atoms with Crippen molar-refractivity contribution in [2.75, 3.05) is 9.80 Å². The van der Waals surface area contributed by atoms with Crippen LogP contribution in [0, 0.1) is 20.8 Å². The number of rotatable bonds is 7. The summed E-state index contributed by atoms with van der Waals surface area (Å²) in [5.74, 6) is 0. The lowest BCUT2D eigenvalue weighted by Gasteiger charge is -2.28. The molecule has 0 atom stereocenters. The van der Waals surface area contributed by atoms with E-state index in [1.54, 1.807) is 0 Å². The minimum Gasteiger partial charge on any atom is -0.454 e. The van der Waals surface area contributed by atoms with Crippen molar-refractivity contribution in [3.8, 4) is 0 Å². The van der Waals surface area contributed by atoms with Crippen molar-refractivity contribution >= 4 is 145 Å². The van der Waals surface area contributed by atoms with Gasteiger partial charge in [-0.2, -0.15) is 0 Å². The number of hydrogen-bond donors (Lipinski definition) is 0. The molecule has 6 heterocycles. The molecule has 6 nitrogen and oxygen atoms in total. The molecule has 0 N–H and O–H groups in total. The summed E-state index contributed by atoms with van der Waals surface area (Å²) >= 11 is 0. The van der Waals surface area contributed by atoms with Gasteiger partial charge in [0, 0.05) is 92.8 Å². The highest BCUT2D eigenvalue weighted by Gasteiger charge is 2.32. The van der Waals surface area contributed by atoms with Gasteiger partial charge in [-0.25, -0.2) is 0 Å². The van der Waals surface area contributed by atoms with Crippen LogP contribution in [0.1, 0.15) is 75.1 Å². The van der Waals surface area contributed by atoms with E-state index in [0.29, 0.717) is 0 Å². The maximum atomic E-state index is 7.21. The van der Waals surface area contributed by atoms with Crippen LogP contribution in [0.4, 0.5) is 34.1 Å². The Kier molecular flexibility index (Phi) is 10.3. The molecule has 6 aromatic heterocycles. The Hall–Kier alpha value is -9.78. The monoisotopic (exact) mass is 1070 g/mol. The van der Waals surface area contributed by atoms with Crippen molar-refractivity contribution in [3.63, 3.8) is 0 Å². The molecule has 0 saturated heterocycles. The maximum Gasteiger partial charge on any atom is 0.159 e. The number of aromatic nitrogens is 2. The molecule has 0 amide bonds.